The highest BCUT2D eigenvalue weighted by atomic mass is 32.2. The molecule has 2 rings (SSSR count). The molecule has 0 unspecified atom stereocenters. The molecule has 5 heteroatoms. The van der Waals surface area contributed by atoms with Gasteiger partial charge in [0.1, 0.15) is 0 Å². The van der Waals surface area contributed by atoms with E-state index in [1.807, 2.05) is 6.92 Å². The Morgan fingerprint density at radius 1 is 1.12 bits per heavy atom. The van der Waals surface area contributed by atoms with Crippen LogP contribution in [0.15, 0.2) is 47.5 Å². The van der Waals surface area contributed by atoms with Crippen molar-refractivity contribution >= 4 is 10.0 Å². The molecule has 16 heavy (non-hydrogen) atoms. The van der Waals surface area contributed by atoms with Gasteiger partial charge in [0.2, 0.25) is 5.95 Å². The Kier molecular flexibility index (Phi) is 2.55. The molecule has 0 amide bonds. The average molecular weight is 239 g/mol. The van der Waals surface area contributed by atoms with Crippen LogP contribution in [0.5, 0.6) is 0 Å². The van der Waals surface area contributed by atoms with Crippen LogP contribution < -0.4 is 0 Å². The van der Waals surface area contributed by atoms with Crippen molar-refractivity contribution in [1.29, 1.82) is 0 Å². The summed E-state index contributed by atoms with van der Waals surface area (Å²) in [5, 5.41) is 0. The zero-order valence-electron chi connectivity index (χ0n) is 8.59. The predicted molar refractivity (Wildman–Crippen MR) is 58.2 cm³/mol. The van der Waals surface area contributed by atoms with Crippen LogP contribution >= 0.6 is 0 Å². The summed E-state index contributed by atoms with van der Waals surface area (Å²) >= 11 is 0. The molecule has 1 heterocycles. The third kappa shape index (κ3) is 1.74. The van der Waals surface area contributed by atoms with Crippen molar-refractivity contribution in [1.82, 2.24) is 3.97 Å². The summed E-state index contributed by atoms with van der Waals surface area (Å²) in [5.74, 6) is -0.791. The maximum Gasteiger partial charge on any atom is 0.269 e. The SMILES string of the molecule is Cc1ccc(S(=O)(=O)n2cccc2F)cc1. The van der Waals surface area contributed by atoms with E-state index in [2.05, 4.69) is 0 Å². The number of halogens is 1. The van der Waals surface area contributed by atoms with Crippen molar-refractivity contribution in [2.45, 2.75) is 11.8 Å². The van der Waals surface area contributed by atoms with E-state index in [1.165, 1.54) is 24.4 Å². The van der Waals surface area contributed by atoms with Crippen molar-refractivity contribution in [2.24, 2.45) is 0 Å². The number of benzene rings is 1. The first-order valence-electron chi connectivity index (χ1n) is 4.67. The summed E-state index contributed by atoms with van der Waals surface area (Å²) in [6, 6.07) is 8.73. The second-order valence-electron chi connectivity index (χ2n) is 3.44. The van der Waals surface area contributed by atoms with Gasteiger partial charge in [0.05, 0.1) is 4.90 Å². The molecule has 0 fully saturated rings. The van der Waals surface area contributed by atoms with Crippen LogP contribution in [-0.2, 0) is 10.0 Å². The summed E-state index contributed by atoms with van der Waals surface area (Å²) < 4.78 is 37.7. The van der Waals surface area contributed by atoms with Crippen molar-refractivity contribution in [3.05, 3.63) is 54.1 Å². The quantitative estimate of drug-likeness (QED) is 0.805. The second kappa shape index (κ2) is 3.75. The summed E-state index contributed by atoms with van der Waals surface area (Å²) in [4.78, 5) is 0.0770. The van der Waals surface area contributed by atoms with Gasteiger partial charge in [0.15, 0.2) is 0 Å². The van der Waals surface area contributed by atoms with Crippen molar-refractivity contribution in [3.63, 3.8) is 0 Å². The minimum atomic E-state index is -3.80. The lowest BCUT2D eigenvalue weighted by Crippen LogP contribution is -2.13. The molecule has 0 radical (unpaired) electrons. The van der Waals surface area contributed by atoms with Gasteiger partial charge in [-0.05, 0) is 31.2 Å². The Morgan fingerprint density at radius 3 is 2.25 bits per heavy atom. The second-order valence-corrected chi connectivity index (χ2v) is 5.26. The molecule has 0 saturated carbocycles. The van der Waals surface area contributed by atoms with E-state index >= 15 is 0 Å². The summed E-state index contributed by atoms with van der Waals surface area (Å²) in [5.41, 5.74) is 0.951. The third-order valence-corrected chi connectivity index (χ3v) is 3.93. The molecule has 0 saturated heterocycles. The maximum absolute atomic E-state index is 13.2. The zero-order valence-corrected chi connectivity index (χ0v) is 9.41. The number of aromatic nitrogens is 1. The van der Waals surface area contributed by atoms with Crippen LogP contribution in [-0.4, -0.2) is 12.4 Å². The molecule has 1 aromatic carbocycles. The Morgan fingerprint density at radius 2 is 1.75 bits per heavy atom. The minimum absolute atomic E-state index is 0.0770. The molecular weight excluding hydrogens is 229 g/mol. The fraction of sp³-hybridized carbons (Fsp3) is 0.0909. The summed E-state index contributed by atoms with van der Waals surface area (Å²) in [6.07, 6.45) is 1.19. The smallest absolute Gasteiger partial charge is 0.216 e. The van der Waals surface area contributed by atoms with Crippen molar-refractivity contribution < 1.29 is 12.8 Å². The van der Waals surface area contributed by atoms with E-state index in [-0.39, 0.29) is 4.90 Å². The van der Waals surface area contributed by atoms with Crippen LogP contribution in [0, 0.1) is 12.9 Å². The number of hydrogen-bond acceptors (Lipinski definition) is 2. The molecule has 0 spiro atoms. The summed E-state index contributed by atoms with van der Waals surface area (Å²) in [7, 11) is -3.80. The van der Waals surface area contributed by atoms with Gasteiger partial charge in [0.25, 0.3) is 10.0 Å². The lowest BCUT2D eigenvalue weighted by atomic mass is 10.2. The van der Waals surface area contributed by atoms with Crippen LogP contribution in [0.4, 0.5) is 4.39 Å². The standard InChI is InChI=1S/C11H10FNO2S/c1-9-4-6-10(7-5-9)16(14,15)13-8-2-3-11(13)12/h2-8H,1H3. The van der Waals surface area contributed by atoms with Gasteiger partial charge in [-0.15, -0.1) is 0 Å². The third-order valence-electron chi connectivity index (χ3n) is 2.24. The number of nitrogens with zero attached hydrogens (tertiary/aromatic N) is 1. The van der Waals surface area contributed by atoms with E-state index in [1.54, 1.807) is 12.1 Å². The fourth-order valence-corrected chi connectivity index (χ4v) is 2.59. The van der Waals surface area contributed by atoms with E-state index in [4.69, 9.17) is 0 Å². The van der Waals surface area contributed by atoms with Gasteiger partial charge < -0.3 is 0 Å². The Labute approximate surface area is 93.2 Å². The maximum atomic E-state index is 13.2. The van der Waals surface area contributed by atoms with Gasteiger partial charge in [0, 0.05) is 6.20 Å². The van der Waals surface area contributed by atoms with Gasteiger partial charge in [-0.25, -0.2) is 12.4 Å². The first-order valence-corrected chi connectivity index (χ1v) is 6.11. The monoisotopic (exact) mass is 239 g/mol. The first-order chi connectivity index (χ1) is 7.51. The molecule has 0 aliphatic rings. The highest BCUT2D eigenvalue weighted by molar-refractivity contribution is 7.90. The van der Waals surface area contributed by atoms with Crippen LogP contribution in [0.1, 0.15) is 5.56 Å². The van der Waals surface area contributed by atoms with E-state index < -0.39 is 16.0 Å². The number of aryl methyl sites for hydroxylation is 1. The number of rotatable bonds is 2. The topological polar surface area (TPSA) is 39.1 Å². The Balaban J connectivity index is 2.56. The molecule has 0 aliphatic heterocycles. The van der Waals surface area contributed by atoms with Gasteiger partial charge in [-0.2, -0.15) is 4.39 Å². The Hall–Kier alpha value is -1.62. The predicted octanol–water partition coefficient (Wildman–Crippen LogP) is 2.17. The Bertz CT molecular complexity index is 599. The molecule has 0 N–H and O–H groups in total. The number of hydrogen-bond donors (Lipinski definition) is 0. The molecule has 1 aromatic heterocycles. The molecule has 0 bridgehead atoms. The van der Waals surface area contributed by atoms with E-state index in [0.29, 0.717) is 3.97 Å². The van der Waals surface area contributed by atoms with Crippen LogP contribution in [0.2, 0.25) is 0 Å². The lowest BCUT2D eigenvalue weighted by molar-refractivity contribution is 0.541. The van der Waals surface area contributed by atoms with Crippen LogP contribution in [0.3, 0.4) is 0 Å². The molecular formula is C11H10FNO2S. The minimum Gasteiger partial charge on any atom is -0.216 e. The highest BCUT2D eigenvalue weighted by Crippen LogP contribution is 2.16. The van der Waals surface area contributed by atoms with E-state index in [0.717, 1.165) is 11.6 Å². The largest absolute Gasteiger partial charge is 0.269 e. The highest BCUT2D eigenvalue weighted by Gasteiger charge is 2.18. The van der Waals surface area contributed by atoms with Crippen molar-refractivity contribution in [3.8, 4) is 0 Å². The van der Waals surface area contributed by atoms with Crippen LogP contribution in [0.25, 0.3) is 0 Å². The van der Waals surface area contributed by atoms with Crippen molar-refractivity contribution in [2.75, 3.05) is 0 Å². The first kappa shape index (κ1) is 10.9. The summed E-state index contributed by atoms with van der Waals surface area (Å²) in [6.45, 7) is 1.85. The molecule has 3 nitrogen and oxygen atoms in total. The fourth-order valence-electron chi connectivity index (χ4n) is 1.36. The molecule has 0 aliphatic carbocycles. The average Bonchev–Trinajstić information content (AvgIpc) is 2.66. The lowest BCUT2D eigenvalue weighted by Gasteiger charge is -2.06. The molecule has 2 aromatic rings. The van der Waals surface area contributed by atoms with Gasteiger partial charge in [-0.1, -0.05) is 17.7 Å². The molecule has 0 atom stereocenters. The normalized spacial score (nSPS) is 11.6. The van der Waals surface area contributed by atoms with Gasteiger partial charge in [-0.3, -0.25) is 0 Å². The van der Waals surface area contributed by atoms with E-state index in [9.17, 15) is 12.8 Å². The molecule has 84 valence electrons. The zero-order chi connectivity index (χ0) is 11.8. The van der Waals surface area contributed by atoms with Gasteiger partial charge >= 0.3 is 0 Å².